The fourth-order valence-electron chi connectivity index (χ4n) is 2.69. The summed E-state index contributed by atoms with van der Waals surface area (Å²) in [5.41, 5.74) is -2.90. The Morgan fingerprint density at radius 2 is 1.69 bits per heavy atom. The van der Waals surface area contributed by atoms with Crippen molar-refractivity contribution in [2.45, 2.75) is 25.3 Å². The maximum atomic E-state index is 13.5. The third kappa shape index (κ3) is 5.63. The highest BCUT2D eigenvalue weighted by Gasteiger charge is 2.38. The van der Waals surface area contributed by atoms with E-state index in [1.165, 1.54) is 12.3 Å². The number of hydrogen-bond donors (Lipinski definition) is 3. The average Bonchev–Trinajstić information content (AvgIpc) is 2.73. The lowest BCUT2D eigenvalue weighted by Crippen LogP contribution is -2.21. The van der Waals surface area contributed by atoms with Gasteiger partial charge in [-0.2, -0.15) is 31.3 Å². The Morgan fingerprint density at radius 1 is 0.938 bits per heavy atom. The smallest absolute Gasteiger partial charge is 0.394 e. The van der Waals surface area contributed by atoms with E-state index in [0.29, 0.717) is 17.8 Å². The number of aliphatic hydroxyl groups is 1. The molecule has 2 aromatic heterocycles. The second-order valence-electron chi connectivity index (χ2n) is 6.79. The first kappa shape index (κ1) is 23.3. The van der Waals surface area contributed by atoms with Gasteiger partial charge in [-0.1, -0.05) is 6.07 Å². The highest BCUT2D eigenvalue weighted by Crippen LogP contribution is 2.40. The number of halogens is 6. The summed E-state index contributed by atoms with van der Waals surface area (Å²) >= 11 is 0. The summed E-state index contributed by atoms with van der Waals surface area (Å²) in [7, 11) is 0. The molecule has 0 saturated heterocycles. The maximum Gasteiger partial charge on any atom is 0.418 e. The van der Waals surface area contributed by atoms with Crippen molar-refractivity contribution in [3.8, 4) is 11.4 Å². The third-order valence-corrected chi connectivity index (χ3v) is 4.22. The number of rotatable bonds is 6. The summed E-state index contributed by atoms with van der Waals surface area (Å²) in [5, 5.41) is 14.5. The van der Waals surface area contributed by atoms with Crippen molar-refractivity contribution in [2.24, 2.45) is 0 Å². The summed E-state index contributed by atoms with van der Waals surface area (Å²) in [5.74, 6) is -0.128. The van der Waals surface area contributed by atoms with Gasteiger partial charge in [0, 0.05) is 18.3 Å². The Kier molecular flexibility index (Phi) is 6.53. The zero-order chi connectivity index (χ0) is 23.5. The van der Waals surface area contributed by atoms with Gasteiger partial charge < -0.3 is 15.7 Å². The second-order valence-corrected chi connectivity index (χ2v) is 6.79. The molecule has 0 unspecified atom stereocenters. The number of benzene rings is 1. The highest BCUT2D eigenvalue weighted by molar-refractivity contribution is 5.67. The standard InChI is InChI=1S/C20H17F6N5O/c1-11(10-32)28-18-30-16(15-4-2-3-7-27-15)9-17(31-18)29-14-6-5-12(19(21,22)23)8-13(14)20(24,25)26/h2-9,11,32H,10H2,1H3,(H2,28,29,30,31)/t11-/m0/s1. The van der Waals surface area contributed by atoms with Crippen molar-refractivity contribution in [3.63, 3.8) is 0 Å². The van der Waals surface area contributed by atoms with Crippen LogP contribution in [0.5, 0.6) is 0 Å². The van der Waals surface area contributed by atoms with E-state index < -0.39 is 35.2 Å². The molecule has 170 valence electrons. The molecule has 0 saturated carbocycles. The van der Waals surface area contributed by atoms with Gasteiger partial charge in [0.25, 0.3) is 0 Å². The van der Waals surface area contributed by atoms with Gasteiger partial charge >= 0.3 is 12.4 Å². The van der Waals surface area contributed by atoms with Gasteiger partial charge in [-0.15, -0.1) is 0 Å². The number of alkyl halides is 6. The molecule has 0 bridgehead atoms. The van der Waals surface area contributed by atoms with Crippen LogP contribution in [0.15, 0.2) is 48.7 Å². The van der Waals surface area contributed by atoms with E-state index in [9.17, 15) is 31.4 Å². The van der Waals surface area contributed by atoms with Crippen molar-refractivity contribution < 1.29 is 31.4 Å². The molecule has 0 aliphatic heterocycles. The number of pyridine rings is 1. The fourth-order valence-corrected chi connectivity index (χ4v) is 2.69. The predicted molar refractivity (Wildman–Crippen MR) is 105 cm³/mol. The van der Waals surface area contributed by atoms with Crippen LogP contribution in [0.25, 0.3) is 11.4 Å². The van der Waals surface area contributed by atoms with Crippen LogP contribution in [0.2, 0.25) is 0 Å². The Bertz CT molecular complexity index is 1070. The Balaban J connectivity index is 2.07. The van der Waals surface area contributed by atoms with Crippen LogP contribution >= 0.6 is 0 Å². The molecule has 12 heteroatoms. The fraction of sp³-hybridized carbons (Fsp3) is 0.250. The quantitative estimate of drug-likeness (QED) is 0.446. The lowest BCUT2D eigenvalue weighted by Gasteiger charge is -2.18. The molecular weight excluding hydrogens is 440 g/mol. The molecule has 32 heavy (non-hydrogen) atoms. The molecule has 3 aromatic rings. The van der Waals surface area contributed by atoms with Gasteiger partial charge in [0.1, 0.15) is 5.82 Å². The Morgan fingerprint density at radius 3 is 2.28 bits per heavy atom. The SMILES string of the molecule is C[C@@H](CO)Nc1nc(Nc2ccc(C(F)(F)F)cc2C(F)(F)F)cc(-c2ccccn2)n1. The van der Waals surface area contributed by atoms with E-state index in [0.717, 1.165) is 0 Å². The molecule has 0 amide bonds. The molecule has 0 radical (unpaired) electrons. The molecule has 3 N–H and O–H groups in total. The van der Waals surface area contributed by atoms with Crippen LogP contribution in [0.3, 0.4) is 0 Å². The molecule has 0 fully saturated rings. The molecule has 1 aromatic carbocycles. The molecule has 0 aliphatic carbocycles. The minimum atomic E-state index is -5.05. The number of hydrogen-bond acceptors (Lipinski definition) is 6. The van der Waals surface area contributed by atoms with E-state index in [4.69, 9.17) is 0 Å². The van der Waals surface area contributed by atoms with Crippen LogP contribution in [-0.2, 0) is 12.4 Å². The van der Waals surface area contributed by atoms with Crippen LogP contribution in [0, 0.1) is 0 Å². The van der Waals surface area contributed by atoms with Gasteiger partial charge in [-0.05, 0) is 37.3 Å². The molecule has 6 nitrogen and oxygen atoms in total. The molecule has 2 heterocycles. The summed E-state index contributed by atoms with van der Waals surface area (Å²) in [4.78, 5) is 12.5. The van der Waals surface area contributed by atoms with E-state index in [-0.39, 0.29) is 30.1 Å². The van der Waals surface area contributed by atoms with Crippen LogP contribution in [0.4, 0.5) is 43.8 Å². The average molecular weight is 457 g/mol. The normalized spacial score (nSPS) is 13.0. The van der Waals surface area contributed by atoms with Gasteiger partial charge in [0.2, 0.25) is 5.95 Å². The van der Waals surface area contributed by atoms with Gasteiger partial charge in [0.05, 0.1) is 34.8 Å². The third-order valence-electron chi connectivity index (χ3n) is 4.22. The Labute approximate surface area is 178 Å². The summed E-state index contributed by atoms with van der Waals surface area (Å²) < 4.78 is 79.2. The van der Waals surface area contributed by atoms with Gasteiger partial charge in [-0.25, -0.2) is 4.98 Å². The van der Waals surface area contributed by atoms with Crippen molar-refractivity contribution in [1.29, 1.82) is 0 Å². The number of aliphatic hydroxyl groups excluding tert-OH is 1. The largest absolute Gasteiger partial charge is 0.418 e. The first-order valence-electron chi connectivity index (χ1n) is 9.20. The number of nitrogens with one attached hydrogen (secondary N) is 2. The lowest BCUT2D eigenvalue weighted by molar-refractivity contribution is -0.142. The molecule has 0 aliphatic rings. The van der Waals surface area contributed by atoms with Gasteiger partial charge in [0.15, 0.2) is 0 Å². The molecule has 0 spiro atoms. The van der Waals surface area contributed by atoms with E-state index in [2.05, 4.69) is 25.6 Å². The van der Waals surface area contributed by atoms with Crippen molar-refractivity contribution >= 4 is 17.5 Å². The monoisotopic (exact) mass is 457 g/mol. The van der Waals surface area contributed by atoms with Crippen LogP contribution < -0.4 is 10.6 Å². The Hall–Kier alpha value is -3.41. The number of aromatic nitrogens is 3. The predicted octanol–water partition coefficient (Wildman–Crippen LogP) is 5.11. The highest BCUT2D eigenvalue weighted by atomic mass is 19.4. The molecule has 1 atom stereocenters. The zero-order valence-corrected chi connectivity index (χ0v) is 16.5. The molecule has 3 rings (SSSR count). The minimum absolute atomic E-state index is 0.0160. The zero-order valence-electron chi connectivity index (χ0n) is 16.5. The summed E-state index contributed by atoms with van der Waals surface area (Å²) in [6.45, 7) is 1.36. The van der Waals surface area contributed by atoms with Gasteiger partial charge in [-0.3, -0.25) is 4.98 Å². The van der Waals surface area contributed by atoms with Crippen molar-refractivity contribution in [2.75, 3.05) is 17.2 Å². The van der Waals surface area contributed by atoms with E-state index >= 15 is 0 Å². The first-order chi connectivity index (χ1) is 15.0. The van der Waals surface area contributed by atoms with Crippen LogP contribution in [-0.4, -0.2) is 32.7 Å². The van der Waals surface area contributed by atoms with Crippen LogP contribution in [0.1, 0.15) is 18.1 Å². The number of nitrogens with zero attached hydrogens (tertiary/aromatic N) is 3. The lowest BCUT2D eigenvalue weighted by atomic mass is 10.1. The first-order valence-corrected chi connectivity index (χ1v) is 9.20. The molecular formula is C20H17F6N5O. The van der Waals surface area contributed by atoms with Crippen molar-refractivity contribution in [1.82, 2.24) is 15.0 Å². The van der Waals surface area contributed by atoms with E-state index in [1.54, 1.807) is 25.1 Å². The van der Waals surface area contributed by atoms with E-state index in [1.807, 2.05) is 0 Å². The summed E-state index contributed by atoms with van der Waals surface area (Å²) in [6, 6.07) is 7.07. The minimum Gasteiger partial charge on any atom is -0.394 e. The topological polar surface area (TPSA) is 83.0 Å². The number of anilines is 3. The second kappa shape index (κ2) is 8.99. The summed E-state index contributed by atoms with van der Waals surface area (Å²) in [6.07, 6.45) is -8.49. The van der Waals surface area contributed by atoms with Crippen molar-refractivity contribution in [3.05, 3.63) is 59.8 Å². The maximum absolute atomic E-state index is 13.5.